The van der Waals surface area contributed by atoms with Crippen LogP contribution in [0.5, 0.6) is 0 Å². The fraction of sp³-hybridized carbons (Fsp3) is 0.105. The number of amides is 1. The molecule has 0 saturated carbocycles. The predicted molar refractivity (Wildman–Crippen MR) is 99.8 cm³/mol. The summed E-state index contributed by atoms with van der Waals surface area (Å²) in [5.74, 6) is -0.555. The molecule has 0 bridgehead atoms. The van der Waals surface area contributed by atoms with Crippen molar-refractivity contribution in [2.75, 3.05) is 5.32 Å². The SMILES string of the molecule is Cc1ccc([N+](=O)[O-])cc1NC(=O)c1ccc(=O)n(Cc2ccccc2)n1. The Morgan fingerprint density at radius 1 is 1.15 bits per heavy atom. The molecule has 0 radical (unpaired) electrons. The zero-order chi connectivity index (χ0) is 19.4. The van der Waals surface area contributed by atoms with E-state index in [-0.39, 0.29) is 23.5 Å². The van der Waals surface area contributed by atoms with Crippen LogP contribution in [0, 0.1) is 17.0 Å². The molecule has 1 amide bonds. The van der Waals surface area contributed by atoms with Crippen molar-refractivity contribution in [1.82, 2.24) is 9.78 Å². The fourth-order valence-corrected chi connectivity index (χ4v) is 2.48. The molecule has 0 saturated heterocycles. The average molecular weight is 364 g/mol. The second-order valence-electron chi connectivity index (χ2n) is 5.91. The topological polar surface area (TPSA) is 107 Å². The molecule has 1 heterocycles. The van der Waals surface area contributed by atoms with Crippen LogP contribution < -0.4 is 10.9 Å². The van der Waals surface area contributed by atoms with Gasteiger partial charge in [0.1, 0.15) is 5.69 Å². The molecule has 27 heavy (non-hydrogen) atoms. The van der Waals surface area contributed by atoms with E-state index >= 15 is 0 Å². The monoisotopic (exact) mass is 364 g/mol. The van der Waals surface area contributed by atoms with Gasteiger partial charge in [-0.05, 0) is 24.1 Å². The van der Waals surface area contributed by atoms with Gasteiger partial charge in [0, 0.05) is 18.2 Å². The first-order chi connectivity index (χ1) is 12.9. The summed E-state index contributed by atoms with van der Waals surface area (Å²) >= 11 is 0. The molecule has 1 aromatic heterocycles. The lowest BCUT2D eigenvalue weighted by Crippen LogP contribution is -2.26. The van der Waals surface area contributed by atoms with Crippen LogP contribution in [0.4, 0.5) is 11.4 Å². The zero-order valence-electron chi connectivity index (χ0n) is 14.5. The van der Waals surface area contributed by atoms with Crippen LogP contribution in [0.1, 0.15) is 21.6 Å². The molecule has 0 spiro atoms. The molecule has 0 fully saturated rings. The van der Waals surface area contributed by atoms with Crippen LogP contribution in [-0.2, 0) is 6.54 Å². The number of aromatic nitrogens is 2. The number of nitro groups is 1. The smallest absolute Gasteiger partial charge is 0.276 e. The Labute approximate surface area is 154 Å². The van der Waals surface area contributed by atoms with E-state index in [1.54, 1.807) is 13.0 Å². The highest BCUT2D eigenvalue weighted by atomic mass is 16.6. The number of carbonyl (C=O) groups excluding carboxylic acids is 1. The van der Waals surface area contributed by atoms with E-state index in [9.17, 15) is 19.7 Å². The molecule has 0 atom stereocenters. The molecule has 0 aliphatic rings. The van der Waals surface area contributed by atoms with Gasteiger partial charge in [-0.1, -0.05) is 36.4 Å². The first kappa shape index (κ1) is 18.0. The van der Waals surface area contributed by atoms with Crippen molar-refractivity contribution in [3.05, 3.63) is 98.0 Å². The third-order valence-corrected chi connectivity index (χ3v) is 3.95. The normalized spacial score (nSPS) is 10.4. The number of rotatable bonds is 5. The number of nitrogens with one attached hydrogen (secondary N) is 1. The van der Waals surface area contributed by atoms with Crippen molar-refractivity contribution < 1.29 is 9.72 Å². The minimum Gasteiger partial charge on any atom is -0.320 e. The fourth-order valence-electron chi connectivity index (χ4n) is 2.48. The van der Waals surface area contributed by atoms with Crippen molar-refractivity contribution in [2.24, 2.45) is 0 Å². The van der Waals surface area contributed by atoms with Crippen molar-refractivity contribution in [2.45, 2.75) is 13.5 Å². The molecular weight excluding hydrogens is 348 g/mol. The summed E-state index contributed by atoms with van der Waals surface area (Å²) in [6.07, 6.45) is 0. The summed E-state index contributed by atoms with van der Waals surface area (Å²) in [6, 6.07) is 16.1. The van der Waals surface area contributed by atoms with Crippen molar-refractivity contribution in [1.29, 1.82) is 0 Å². The number of hydrogen-bond acceptors (Lipinski definition) is 5. The molecule has 8 heteroatoms. The summed E-state index contributed by atoms with van der Waals surface area (Å²) in [5.41, 5.74) is 1.44. The lowest BCUT2D eigenvalue weighted by molar-refractivity contribution is -0.384. The summed E-state index contributed by atoms with van der Waals surface area (Å²) in [7, 11) is 0. The summed E-state index contributed by atoms with van der Waals surface area (Å²) in [5, 5.41) is 17.6. The van der Waals surface area contributed by atoms with E-state index in [1.165, 1.54) is 28.9 Å². The number of benzene rings is 2. The van der Waals surface area contributed by atoms with Gasteiger partial charge >= 0.3 is 0 Å². The first-order valence-corrected chi connectivity index (χ1v) is 8.12. The number of nitrogens with zero attached hydrogens (tertiary/aromatic N) is 3. The molecule has 1 N–H and O–H groups in total. The van der Waals surface area contributed by atoms with Gasteiger partial charge in [-0.3, -0.25) is 19.7 Å². The van der Waals surface area contributed by atoms with Gasteiger partial charge in [0.05, 0.1) is 17.2 Å². The van der Waals surface area contributed by atoms with Crippen LogP contribution in [0.25, 0.3) is 0 Å². The minimum atomic E-state index is -0.555. The third kappa shape index (κ3) is 4.24. The third-order valence-electron chi connectivity index (χ3n) is 3.95. The van der Waals surface area contributed by atoms with Crippen LogP contribution in [0.3, 0.4) is 0 Å². The number of carbonyl (C=O) groups is 1. The second kappa shape index (κ2) is 7.61. The van der Waals surface area contributed by atoms with Gasteiger partial charge in [-0.15, -0.1) is 0 Å². The highest BCUT2D eigenvalue weighted by Gasteiger charge is 2.14. The molecular formula is C19H16N4O4. The standard InChI is InChI=1S/C19H16N4O4/c1-13-7-8-15(23(26)27)11-17(13)20-19(25)16-9-10-18(24)22(21-16)12-14-5-3-2-4-6-14/h2-11H,12H2,1H3,(H,20,25). The first-order valence-electron chi connectivity index (χ1n) is 8.12. The molecule has 0 aliphatic heterocycles. The molecule has 8 nitrogen and oxygen atoms in total. The van der Waals surface area contributed by atoms with E-state index < -0.39 is 10.8 Å². The van der Waals surface area contributed by atoms with Gasteiger partial charge in [-0.25, -0.2) is 4.68 Å². The minimum absolute atomic E-state index is 0.0384. The Kier molecular flexibility index (Phi) is 5.07. The van der Waals surface area contributed by atoms with Crippen molar-refractivity contribution >= 4 is 17.3 Å². The number of aryl methyl sites for hydroxylation is 1. The Morgan fingerprint density at radius 3 is 2.59 bits per heavy atom. The maximum absolute atomic E-state index is 12.5. The Hall–Kier alpha value is -3.81. The highest BCUT2D eigenvalue weighted by Crippen LogP contribution is 2.22. The Balaban J connectivity index is 1.85. The van der Waals surface area contributed by atoms with E-state index in [0.717, 1.165) is 5.56 Å². The largest absolute Gasteiger partial charge is 0.320 e. The van der Waals surface area contributed by atoms with Gasteiger partial charge < -0.3 is 5.32 Å². The number of hydrogen-bond donors (Lipinski definition) is 1. The summed E-state index contributed by atoms with van der Waals surface area (Å²) < 4.78 is 1.20. The van der Waals surface area contributed by atoms with Gasteiger partial charge in [-0.2, -0.15) is 5.10 Å². The van der Waals surface area contributed by atoms with Crippen molar-refractivity contribution in [3.63, 3.8) is 0 Å². The van der Waals surface area contributed by atoms with E-state index in [0.29, 0.717) is 11.3 Å². The average Bonchev–Trinajstić information content (AvgIpc) is 2.66. The van der Waals surface area contributed by atoms with Crippen molar-refractivity contribution in [3.8, 4) is 0 Å². The number of anilines is 1. The molecule has 0 aliphatic carbocycles. The van der Waals surface area contributed by atoms with Gasteiger partial charge in [0.25, 0.3) is 17.2 Å². The van der Waals surface area contributed by atoms with Gasteiger partial charge in [0.15, 0.2) is 0 Å². The number of nitro benzene ring substituents is 1. The highest BCUT2D eigenvalue weighted by molar-refractivity contribution is 6.03. The number of non-ortho nitro benzene ring substituents is 1. The Morgan fingerprint density at radius 2 is 1.89 bits per heavy atom. The molecule has 2 aromatic carbocycles. The maximum atomic E-state index is 12.5. The van der Waals surface area contributed by atoms with Crippen LogP contribution >= 0.6 is 0 Å². The lowest BCUT2D eigenvalue weighted by atomic mass is 10.1. The van der Waals surface area contributed by atoms with E-state index in [1.807, 2.05) is 30.3 Å². The summed E-state index contributed by atoms with van der Waals surface area (Å²) in [6.45, 7) is 1.96. The van der Waals surface area contributed by atoms with Crippen LogP contribution in [0.15, 0.2) is 65.5 Å². The molecule has 0 unspecified atom stereocenters. The second-order valence-corrected chi connectivity index (χ2v) is 5.91. The molecule has 3 aromatic rings. The Bertz CT molecular complexity index is 1060. The molecule has 3 rings (SSSR count). The van der Waals surface area contributed by atoms with E-state index in [2.05, 4.69) is 10.4 Å². The van der Waals surface area contributed by atoms with Crippen LogP contribution in [0.2, 0.25) is 0 Å². The van der Waals surface area contributed by atoms with Crippen LogP contribution in [-0.4, -0.2) is 20.6 Å². The molecule has 136 valence electrons. The maximum Gasteiger partial charge on any atom is 0.276 e. The lowest BCUT2D eigenvalue weighted by Gasteiger charge is -2.09. The van der Waals surface area contributed by atoms with E-state index in [4.69, 9.17) is 0 Å². The predicted octanol–water partition coefficient (Wildman–Crippen LogP) is 2.76. The van der Waals surface area contributed by atoms with Gasteiger partial charge in [0.2, 0.25) is 0 Å². The quantitative estimate of drug-likeness (QED) is 0.553. The summed E-state index contributed by atoms with van der Waals surface area (Å²) in [4.78, 5) is 34.9. The zero-order valence-corrected chi connectivity index (χ0v) is 14.5.